The van der Waals surface area contributed by atoms with Crippen LogP contribution in [-0.2, 0) is 4.79 Å². The Kier molecular flexibility index (Phi) is 5.85. The van der Waals surface area contributed by atoms with Gasteiger partial charge in [-0.3, -0.25) is 4.79 Å². The number of alkyl halides is 1. The van der Waals surface area contributed by atoms with Gasteiger partial charge in [-0.05, 0) is 29.2 Å². The lowest BCUT2D eigenvalue weighted by Crippen LogP contribution is -2.42. The number of carbonyl (C=O) groups is 1. The Morgan fingerprint density at radius 2 is 1.74 bits per heavy atom. The van der Waals surface area contributed by atoms with Crippen LogP contribution in [0.2, 0.25) is 0 Å². The smallest absolute Gasteiger partial charge is 0.237 e. The van der Waals surface area contributed by atoms with Crippen LogP contribution in [-0.4, -0.2) is 24.7 Å². The Morgan fingerprint density at radius 1 is 1.11 bits per heavy atom. The zero-order valence-electron chi connectivity index (χ0n) is 15.3. The van der Waals surface area contributed by atoms with E-state index in [1.54, 1.807) is 38.1 Å². The first-order chi connectivity index (χ1) is 12.9. The molecule has 0 spiro atoms. The van der Waals surface area contributed by atoms with Gasteiger partial charge in [0.25, 0.3) is 0 Å². The lowest BCUT2D eigenvalue weighted by atomic mass is 9.94. The van der Waals surface area contributed by atoms with E-state index < -0.39 is 35.8 Å². The van der Waals surface area contributed by atoms with Crippen LogP contribution in [0.5, 0.6) is 0 Å². The van der Waals surface area contributed by atoms with Gasteiger partial charge in [-0.15, -0.1) is 0 Å². The summed E-state index contributed by atoms with van der Waals surface area (Å²) in [6.45, 7) is 3.56. The summed E-state index contributed by atoms with van der Waals surface area (Å²) >= 11 is 0. The van der Waals surface area contributed by atoms with Gasteiger partial charge in [-0.1, -0.05) is 44.2 Å². The molecule has 1 saturated heterocycles. The van der Waals surface area contributed by atoms with Crippen LogP contribution < -0.4 is 10.6 Å². The Bertz CT molecular complexity index is 787. The van der Waals surface area contributed by atoms with Gasteiger partial charge in [0, 0.05) is 18.5 Å². The topological polar surface area (TPSA) is 41.1 Å². The third kappa shape index (κ3) is 4.33. The maximum atomic E-state index is 14.5. The second-order valence-corrected chi connectivity index (χ2v) is 7.20. The lowest BCUT2D eigenvalue weighted by molar-refractivity contribution is -0.123. The minimum Gasteiger partial charge on any atom is -0.344 e. The molecule has 144 valence electrons. The molecule has 0 saturated carbocycles. The standard InChI is InChI=1S/C21H23F3N2O/c1-12(2)19-16(23)8-14(9-17(19)24)20(13-6-4-3-5-7-13)26-21(27)18-10-15(22)11-25-18/h3-9,12,15,18,20,25H,10-11H2,1-2H3,(H,26,27)/t15?,18?,20-/m0/s1. The molecule has 0 radical (unpaired) electrons. The van der Waals surface area contributed by atoms with Crippen LogP contribution in [0.1, 0.15) is 48.9 Å². The zero-order chi connectivity index (χ0) is 19.6. The number of hydrogen-bond acceptors (Lipinski definition) is 2. The van der Waals surface area contributed by atoms with Crippen molar-refractivity contribution in [1.82, 2.24) is 10.6 Å². The van der Waals surface area contributed by atoms with Crippen LogP contribution in [0, 0.1) is 11.6 Å². The van der Waals surface area contributed by atoms with Crippen molar-refractivity contribution in [1.29, 1.82) is 0 Å². The third-order valence-corrected chi connectivity index (χ3v) is 4.83. The summed E-state index contributed by atoms with van der Waals surface area (Å²) in [6.07, 6.45) is -0.987. The fourth-order valence-electron chi connectivity index (χ4n) is 3.46. The molecular weight excluding hydrogens is 353 g/mol. The average Bonchev–Trinajstić information content (AvgIpc) is 3.06. The molecule has 3 rings (SSSR count). The van der Waals surface area contributed by atoms with Crippen LogP contribution >= 0.6 is 0 Å². The van der Waals surface area contributed by atoms with Crippen LogP contribution in [0.3, 0.4) is 0 Å². The second-order valence-electron chi connectivity index (χ2n) is 7.20. The summed E-state index contributed by atoms with van der Waals surface area (Å²) in [5.41, 5.74) is 1.02. The molecule has 3 nitrogen and oxygen atoms in total. The SMILES string of the molecule is CC(C)c1c(F)cc([C@@H](NC(=O)C2CC(F)CN2)c2ccccc2)cc1F. The maximum Gasteiger partial charge on any atom is 0.237 e. The van der Waals surface area contributed by atoms with Crippen LogP contribution in [0.4, 0.5) is 13.2 Å². The first kappa shape index (κ1) is 19.4. The molecule has 1 fully saturated rings. The van der Waals surface area contributed by atoms with E-state index in [0.29, 0.717) is 11.1 Å². The third-order valence-electron chi connectivity index (χ3n) is 4.83. The van der Waals surface area contributed by atoms with Crippen molar-refractivity contribution in [3.05, 3.63) is 70.8 Å². The molecule has 1 aliphatic rings. The highest BCUT2D eigenvalue weighted by molar-refractivity contribution is 5.83. The fraction of sp³-hybridized carbons (Fsp3) is 0.381. The Labute approximate surface area is 157 Å². The number of rotatable bonds is 5. The number of benzene rings is 2. The van der Waals surface area contributed by atoms with Crippen molar-refractivity contribution >= 4 is 5.91 Å². The summed E-state index contributed by atoms with van der Waals surface area (Å²) in [6, 6.07) is 10.1. The fourth-order valence-corrected chi connectivity index (χ4v) is 3.46. The van der Waals surface area contributed by atoms with E-state index in [-0.39, 0.29) is 24.4 Å². The highest BCUT2D eigenvalue weighted by Crippen LogP contribution is 2.29. The van der Waals surface area contributed by atoms with Gasteiger partial charge in [-0.25, -0.2) is 13.2 Å². The maximum absolute atomic E-state index is 14.5. The first-order valence-electron chi connectivity index (χ1n) is 9.08. The monoisotopic (exact) mass is 376 g/mol. The minimum atomic E-state index is -1.07. The van der Waals surface area contributed by atoms with Crippen molar-refractivity contribution in [2.45, 2.75) is 44.4 Å². The molecule has 1 amide bonds. The normalized spacial score (nSPS) is 20.7. The zero-order valence-corrected chi connectivity index (χ0v) is 15.3. The van der Waals surface area contributed by atoms with E-state index in [1.807, 2.05) is 6.07 Å². The lowest BCUT2D eigenvalue weighted by Gasteiger charge is -2.23. The largest absolute Gasteiger partial charge is 0.344 e. The predicted octanol–water partition coefficient (Wildman–Crippen LogP) is 3.99. The molecule has 2 aromatic carbocycles. The molecular formula is C21H23F3N2O. The predicted molar refractivity (Wildman–Crippen MR) is 98.2 cm³/mol. The minimum absolute atomic E-state index is 0.0228. The highest BCUT2D eigenvalue weighted by Gasteiger charge is 2.31. The molecule has 0 aromatic heterocycles. The molecule has 2 N–H and O–H groups in total. The van der Waals surface area contributed by atoms with Gasteiger partial charge in [0.15, 0.2) is 0 Å². The number of carbonyl (C=O) groups excluding carboxylic acids is 1. The van der Waals surface area contributed by atoms with Gasteiger partial charge in [-0.2, -0.15) is 0 Å². The van der Waals surface area contributed by atoms with E-state index in [0.717, 1.165) is 0 Å². The Morgan fingerprint density at radius 3 is 2.26 bits per heavy atom. The van der Waals surface area contributed by atoms with E-state index >= 15 is 0 Å². The van der Waals surface area contributed by atoms with Gasteiger partial charge >= 0.3 is 0 Å². The quantitative estimate of drug-likeness (QED) is 0.828. The average molecular weight is 376 g/mol. The van der Waals surface area contributed by atoms with Crippen LogP contribution in [0.15, 0.2) is 42.5 Å². The van der Waals surface area contributed by atoms with Gasteiger partial charge in [0.05, 0.1) is 12.1 Å². The molecule has 1 heterocycles. The van der Waals surface area contributed by atoms with Gasteiger partial charge in [0.2, 0.25) is 5.91 Å². The van der Waals surface area contributed by atoms with Crippen molar-refractivity contribution in [2.75, 3.05) is 6.54 Å². The number of nitrogens with one attached hydrogen (secondary N) is 2. The van der Waals surface area contributed by atoms with Crippen LogP contribution in [0.25, 0.3) is 0 Å². The van der Waals surface area contributed by atoms with Crippen molar-refractivity contribution in [3.63, 3.8) is 0 Å². The molecule has 2 unspecified atom stereocenters. The van der Waals surface area contributed by atoms with E-state index in [2.05, 4.69) is 10.6 Å². The number of halogens is 3. The molecule has 0 aliphatic carbocycles. The van der Waals surface area contributed by atoms with Crippen molar-refractivity contribution < 1.29 is 18.0 Å². The summed E-state index contributed by atoms with van der Waals surface area (Å²) in [5, 5.41) is 5.64. The molecule has 6 heteroatoms. The van der Waals surface area contributed by atoms with Gasteiger partial charge < -0.3 is 10.6 Å². The van der Waals surface area contributed by atoms with E-state index in [1.165, 1.54) is 12.1 Å². The second kappa shape index (κ2) is 8.13. The van der Waals surface area contributed by atoms with E-state index in [9.17, 15) is 18.0 Å². The van der Waals surface area contributed by atoms with Crippen molar-refractivity contribution in [2.24, 2.45) is 0 Å². The molecule has 0 bridgehead atoms. The number of amides is 1. The number of hydrogen-bond donors (Lipinski definition) is 2. The molecule has 27 heavy (non-hydrogen) atoms. The van der Waals surface area contributed by atoms with E-state index in [4.69, 9.17) is 0 Å². The van der Waals surface area contributed by atoms with Crippen molar-refractivity contribution in [3.8, 4) is 0 Å². The summed E-state index contributed by atoms with van der Waals surface area (Å²) in [4.78, 5) is 12.6. The summed E-state index contributed by atoms with van der Waals surface area (Å²) in [7, 11) is 0. The summed E-state index contributed by atoms with van der Waals surface area (Å²) < 4.78 is 42.4. The highest BCUT2D eigenvalue weighted by atomic mass is 19.1. The molecule has 2 aromatic rings. The Balaban J connectivity index is 1.95. The molecule has 3 atom stereocenters. The van der Waals surface area contributed by atoms with Gasteiger partial charge in [0.1, 0.15) is 17.8 Å². The summed E-state index contributed by atoms with van der Waals surface area (Å²) in [5.74, 6) is -1.97. The molecule has 1 aliphatic heterocycles. The Hall–Kier alpha value is -2.34. The first-order valence-corrected chi connectivity index (χ1v) is 9.08.